The number of amidine groups is 1. The molecule has 0 aliphatic heterocycles. The maximum absolute atomic E-state index is 5.38. The Morgan fingerprint density at radius 3 is 2.50 bits per heavy atom. The fourth-order valence-electron chi connectivity index (χ4n) is 0.756. The summed E-state index contributed by atoms with van der Waals surface area (Å²) in [6.07, 6.45) is 3.11. The molecule has 0 aliphatic rings. The number of nitrogens with two attached hydrogens (primary N) is 2. The molecule has 4 N–H and O–H groups in total. The van der Waals surface area contributed by atoms with Gasteiger partial charge in [-0.25, -0.2) is 0 Å². The maximum atomic E-state index is 5.38. The molecular weight excluding hydrogens is 126 g/mol. The van der Waals surface area contributed by atoms with Crippen LogP contribution in [0.25, 0.3) is 0 Å². The van der Waals surface area contributed by atoms with Gasteiger partial charge in [-0.15, -0.1) is 0 Å². The Morgan fingerprint density at radius 2 is 2.10 bits per heavy atom. The van der Waals surface area contributed by atoms with E-state index in [1.165, 1.54) is 6.42 Å². The van der Waals surface area contributed by atoms with Crippen LogP contribution >= 0.6 is 0 Å². The molecule has 0 aromatic heterocycles. The van der Waals surface area contributed by atoms with E-state index < -0.39 is 0 Å². The topological polar surface area (TPSA) is 64.4 Å². The van der Waals surface area contributed by atoms with Crippen molar-refractivity contribution in [2.75, 3.05) is 0 Å². The smallest absolute Gasteiger partial charge is 0.119 e. The Kier molecular flexibility index (Phi) is 4.72. The summed E-state index contributed by atoms with van der Waals surface area (Å²) in [5, 5.41) is 3.38. The van der Waals surface area contributed by atoms with Crippen molar-refractivity contribution in [1.29, 1.82) is 0 Å². The van der Waals surface area contributed by atoms with Gasteiger partial charge in [0.15, 0.2) is 0 Å². The average Bonchev–Trinajstić information content (AvgIpc) is 1.87. The van der Waals surface area contributed by atoms with Crippen molar-refractivity contribution < 1.29 is 0 Å². The molecule has 0 unspecified atom stereocenters. The van der Waals surface area contributed by atoms with Crippen LogP contribution in [0.4, 0.5) is 0 Å². The highest BCUT2D eigenvalue weighted by molar-refractivity contribution is 5.79. The molecule has 0 fully saturated rings. The summed E-state index contributed by atoms with van der Waals surface area (Å²) in [5.41, 5.74) is 5.38. The van der Waals surface area contributed by atoms with Gasteiger partial charge in [0.05, 0.1) is 0 Å². The Morgan fingerprint density at radius 1 is 1.50 bits per heavy atom. The third kappa shape index (κ3) is 5.41. The molecule has 0 rings (SSSR count). The fraction of sp³-hybridized carbons (Fsp3) is 0.857. The van der Waals surface area contributed by atoms with Gasteiger partial charge in [0.25, 0.3) is 0 Å². The number of nitrogens with zero attached hydrogens (tertiary/aromatic N) is 1. The fourth-order valence-corrected chi connectivity index (χ4v) is 0.756. The normalized spacial score (nSPS) is 12.5. The zero-order valence-electron chi connectivity index (χ0n) is 6.80. The molecule has 0 bridgehead atoms. The van der Waals surface area contributed by atoms with Gasteiger partial charge >= 0.3 is 0 Å². The van der Waals surface area contributed by atoms with Gasteiger partial charge in [0.2, 0.25) is 0 Å². The number of hydrogen-bond acceptors (Lipinski definition) is 2. The quantitative estimate of drug-likeness (QED) is 0.267. The van der Waals surface area contributed by atoms with E-state index in [4.69, 9.17) is 11.6 Å². The molecule has 3 heteroatoms. The molecule has 0 spiro atoms. The van der Waals surface area contributed by atoms with Crippen molar-refractivity contribution in [2.24, 2.45) is 22.6 Å². The maximum Gasteiger partial charge on any atom is 0.119 e. The van der Waals surface area contributed by atoms with Crippen molar-refractivity contribution in [3.63, 3.8) is 0 Å². The summed E-state index contributed by atoms with van der Waals surface area (Å²) >= 11 is 0. The first kappa shape index (κ1) is 9.27. The Labute approximate surface area is 62.5 Å². The van der Waals surface area contributed by atoms with E-state index in [1.807, 2.05) is 0 Å². The van der Waals surface area contributed by atoms with Crippen LogP contribution in [0.2, 0.25) is 0 Å². The highest BCUT2D eigenvalue weighted by Gasteiger charge is 1.95. The number of hydrogen-bond donors (Lipinski definition) is 2. The van der Waals surface area contributed by atoms with Crippen LogP contribution in [0, 0.1) is 5.92 Å². The molecule has 10 heavy (non-hydrogen) atoms. The van der Waals surface area contributed by atoms with Gasteiger partial charge in [0.1, 0.15) is 5.84 Å². The summed E-state index contributed by atoms with van der Waals surface area (Å²) in [5.74, 6) is 6.25. The summed E-state index contributed by atoms with van der Waals surface area (Å²) < 4.78 is 0. The third-order valence-corrected chi connectivity index (χ3v) is 1.38. The van der Waals surface area contributed by atoms with Crippen molar-refractivity contribution in [3.8, 4) is 0 Å². The Balaban J connectivity index is 3.20. The second-order valence-electron chi connectivity index (χ2n) is 2.91. The van der Waals surface area contributed by atoms with E-state index >= 15 is 0 Å². The van der Waals surface area contributed by atoms with Gasteiger partial charge in [-0.2, -0.15) is 5.10 Å². The lowest BCUT2D eigenvalue weighted by Gasteiger charge is -2.02. The third-order valence-electron chi connectivity index (χ3n) is 1.38. The second kappa shape index (κ2) is 5.09. The SMILES string of the molecule is CC(C)CCC/C(N)=N/N. The molecule has 0 heterocycles. The van der Waals surface area contributed by atoms with Crippen LogP contribution in [0.3, 0.4) is 0 Å². The molecule has 0 aromatic carbocycles. The summed E-state index contributed by atoms with van der Waals surface area (Å²) in [6, 6.07) is 0. The highest BCUT2D eigenvalue weighted by atomic mass is 15.1. The second-order valence-corrected chi connectivity index (χ2v) is 2.91. The van der Waals surface area contributed by atoms with E-state index in [2.05, 4.69) is 18.9 Å². The van der Waals surface area contributed by atoms with E-state index in [1.54, 1.807) is 0 Å². The lowest BCUT2D eigenvalue weighted by atomic mass is 10.1. The van der Waals surface area contributed by atoms with Crippen molar-refractivity contribution in [1.82, 2.24) is 0 Å². The minimum Gasteiger partial charge on any atom is -0.386 e. The number of hydrazone groups is 1. The van der Waals surface area contributed by atoms with Crippen molar-refractivity contribution >= 4 is 5.84 Å². The predicted octanol–water partition coefficient (Wildman–Crippen LogP) is 1.04. The zero-order chi connectivity index (χ0) is 7.98. The van der Waals surface area contributed by atoms with Crippen LogP contribution in [0.5, 0.6) is 0 Å². The monoisotopic (exact) mass is 143 g/mol. The van der Waals surface area contributed by atoms with E-state index in [0.717, 1.165) is 18.8 Å². The molecule has 0 atom stereocenters. The van der Waals surface area contributed by atoms with Crippen LogP contribution < -0.4 is 11.6 Å². The molecule has 0 aromatic rings. The number of rotatable bonds is 4. The van der Waals surface area contributed by atoms with Gasteiger partial charge in [0, 0.05) is 6.42 Å². The van der Waals surface area contributed by atoms with Crippen LogP contribution in [0.15, 0.2) is 5.10 Å². The molecule has 0 saturated heterocycles. The summed E-state index contributed by atoms with van der Waals surface area (Å²) in [7, 11) is 0. The van der Waals surface area contributed by atoms with Crippen molar-refractivity contribution in [2.45, 2.75) is 33.1 Å². The molecule has 60 valence electrons. The Hall–Kier alpha value is -0.730. The van der Waals surface area contributed by atoms with Gasteiger partial charge in [-0.05, 0) is 12.3 Å². The minimum absolute atomic E-state index is 0.556. The van der Waals surface area contributed by atoms with Gasteiger partial charge in [-0.3, -0.25) is 0 Å². The molecule has 0 radical (unpaired) electrons. The first-order valence-electron chi connectivity index (χ1n) is 3.69. The molecule has 0 saturated carbocycles. The van der Waals surface area contributed by atoms with Crippen LogP contribution in [-0.2, 0) is 0 Å². The van der Waals surface area contributed by atoms with Crippen LogP contribution in [0.1, 0.15) is 33.1 Å². The standard InChI is InChI=1S/C7H17N3/c1-6(2)4-3-5-7(8)10-9/h6H,3-5,9H2,1-2H3,(H2,8,10). The van der Waals surface area contributed by atoms with E-state index in [0.29, 0.717) is 5.84 Å². The molecule has 0 amide bonds. The first-order valence-corrected chi connectivity index (χ1v) is 3.69. The van der Waals surface area contributed by atoms with Crippen LogP contribution in [-0.4, -0.2) is 5.84 Å². The largest absolute Gasteiger partial charge is 0.386 e. The average molecular weight is 143 g/mol. The Bertz CT molecular complexity index is 107. The van der Waals surface area contributed by atoms with E-state index in [-0.39, 0.29) is 0 Å². The van der Waals surface area contributed by atoms with Gasteiger partial charge < -0.3 is 11.6 Å². The molecular formula is C7H17N3. The molecule has 3 nitrogen and oxygen atoms in total. The highest BCUT2D eigenvalue weighted by Crippen LogP contribution is 2.05. The minimum atomic E-state index is 0.556. The predicted molar refractivity (Wildman–Crippen MR) is 44.5 cm³/mol. The lowest BCUT2D eigenvalue weighted by molar-refractivity contribution is 0.564. The summed E-state index contributed by atoms with van der Waals surface area (Å²) in [6.45, 7) is 4.38. The first-order chi connectivity index (χ1) is 4.66. The molecule has 0 aliphatic carbocycles. The zero-order valence-corrected chi connectivity index (χ0v) is 6.80. The summed E-state index contributed by atoms with van der Waals surface area (Å²) in [4.78, 5) is 0. The van der Waals surface area contributed by atoms with Crippen molar-refractivity contribution in [3.05, 3.63) is 0 Å². The van der Waals surface area contributed by atoms with E-state index in [9.17, 15) is 0 Å². The lowest BCUT2D eigenvalue weighted by Crippen LogP contribution is -2.13. The van der Waals surface area contributed by atoms with Gasteiger partial charge in [-0.1, -0.05) is 20.3 Å².